The Bertz CT molecular complexity index is 583. The van der Waals surface area contributed by atoms with Gasteiger partial charge in [-0.05, 0) is 0 Å². The summed E-state index contributed by atoms with van der Waals surface area (Å²) in [5, 5.41) is 0.333. The molecule has 0 aromatic heterocycles. The molecule has 1 unspecified atom stereocenters. The second kappa shape index (κ2) is 3.31. The number of hydrogen-bond donors (Lipinski definition) is 0. The SMILES string of the molecule is O=C1[C@@H]2[C@@H]3O[C@@H]3[C@H]1[C@H]1[C@@H]2[C@@]2(Cl)C(Cl)=C(Cl)C1(Cl)C2(Cl)Cl. The van der Waals surface area contributed by atoms with Crippen LogP contribution in [0.1, 0.15) is 0 Å². The van der Waals surface area contributed by atoms with Gasteiger partial charge in [0.25, 0.3) is 0 Å². The van der Waals surface area contributed by atoms with Crippen molar-refractivity contribution in [3.05, 3.63) is 10.1 Å². The fourth-order valence-electron chi connectivity index (χ4n) is 5.03. The molecule has 4 aliphatic carbocycles. The van der Waals surface area contributed by atoms with Gasteiger partial charge in [-0.1, -0.05) is 46.4 Å². The van der Waals surface area contributed by atoms with E-state index in [-0.39, 0.29) is 51.7 Å². The van der Waals surface area contributed by atoms with Crippen LogP contribution in [0.4, 0.5) is 0 Å². The van der Waals surface area contributed by atoms with Crippen molar-refractivity contribution in [2.75, 3.05) is 0 Å². The fourth-order valence-corrected chi connectivity index (χ4v) is 8.11. The highest BCUT2D eigenvalue weighted by atomic mass is 35.5. The molecule has 5 rings (SSSR count). The maximum atomic E-state index is 12.5. The number of hydrogen-bond acceptors (Lipinski definition) is 2. The lowest BCUT2D eigenvalue weighted by atomic mass is 9.73. The molecule has 0 spiro atoms. The zero-order chi connectivity index (χ0) is 14.4. The highest BCUT2D eigenvalue weighted by Gasteiger charge is 2.91. The van der Waals surface area contributed by atoms with E-state index in [0.29, 0.717) is 0 Å². The van der Waals surface area contributed by atoms with E-state index in [1.165, 1.54) is 0 Å². The monoisotopic (exact) mass is 392 g/mol. The van der Waals surface area contributed by atoms with Crippen molar-refractivity contribution in [1.82, 2.24) is 0 Å². The molecule has 20 heavy (non-hydrogen) atoms. The Morgan fingerprint density at radius 1 is 0.850 bits per heavy atom. The summed E-state index contributed by atoms with van der Waals surface area (Å²) in [5.74, 6) is -1.18. The summed E-state index contributed by atoms with van der Waals surface area (Å²) in [6.45, 7) is 0. The third-order valence-corrected chi connectivity index (χ3v) is 10.0. The largest absolute Gasteiger partial charge is 0.368 e. The van der Waals surface area contributed by atoms with Crippen LogP contribution in [0, 0.1) is 23.7 Å². The maximum absolute atomic E-state index is 12.5. The lowest BCUT2D eigenvalue weighted by Gasteiger charge is -2.36. The van der Waals surface area contributed by atoms with Gasteiger partial charge in [-0.3, -0.25) is 4.79 Å². The molecule has 0 aromatic carbocycles. The molecular formula is C12H6Cl6O2. The number of allylic oxidation sites excluding steroid dienone is 2. The lowest BCUT2D eigenvalue weighted by molar-refractivity contribution is -0.125. The van der Waals surface area contributed by atoms with E-state index in [9.17, 15) is 4.79 Å². The molecule has 4 bridgehead atoms. The van der Waals surface area contributed by atoms with E-state index in [0.717, 1.165) is 0 Å². The Morgan fingerprint density at radius 2 is 1.25 bits per heavy atom. The van der Waals surface area contributed by atoms with Gasteiger partial charge in [-0.25, -0.2) is 0 Å². The molecule has 2 nitrogen and oxygen atoms in total. The van der Waals surface area contributed by atoms with Gasteiger partial charge in [0.2, 0.25) is 0 Å². The first-order valence-electron chi connectivity index (χ1n) is 6.21. The van der Waals surface area contributed by atoms with Gasteiger partial charge in [0.05, 0.1) is 34.1 Å². The molecule has 0 amide bonds. The summed E-state index contributed by atoms with van der Waals surface area (Å²) in [6, 6.07) is 0. The first-order chi connectivity index (χ1) is 9.20. The molecule has 1 aliphatic heterocycles. The summed E-state index contributed by atoms with van der Waals surface area (Å²) in [4.78, 5) is 9.81. The van der Waals surface area contributed by atoms with Crippen molar-refractivity contribution >= 4 is 75.4 Å². The molecule has 108 valence electrons. The molecule has 0 aromatic rings. The van der Waals surface area contributed by atoms with E-state index in [2.05, 4.69) is 0 Å². The Kier molecular flexibility index (Phi) is 2.24. The number of halogens is 6. The summed E-state index contributed by atoms with van der Waals surface area (Å²) in [7, 11) is 0. The lowest BCUT2D eigenvalue weighted by Crippen LogP contribution is -2.47. The van der Waals surface area contributed by atoms with Crippen LogP contribution >= 0.6 is 69.6 Å². The minimum atomic E-state index is -1.54. The third kappa shape index (κ3) is 0.953. The number of Topliss-reactive ketones (excluding diaryl/α,β-unsaturated/α-hetero) is 1. The van der Waals surface area contributed by atoms with E-state index in [1.807, 2.05) is 0 Å². The molecular weight excluding hydrogens is 389 g/mol. The van der Waals surface area contributed by atoms with Crippen molar-refractivity contribution < 1.29 is 9.53 Å². The smallest absolute Gasteiger partial charge is 0.166 e. The second-order valence-electron chi connectivity index (χ2n) is 6.20. The average Bonchev–Trinajstić information content (AvgIpc) is 3.01. The number of epoxide rings is 1. The Balaban J connectivity index is 1.82. The number of alkyl halides is 4. The Hall–Kier alpha value is 1.11. The Morgan fingerprint density at radius 3 is 1.65 bits per heavy atom. The number of fused-ring (bicyclic) bond motifs is 12. The van der Waals surface area contributed by atoms with Crippen molar-refractivity contribution in [1.29, 1.82) is 0 Å². The number of carbonyl (C=O) groups excluding carboxylic acids is 1. The first-order valence-corrected chi connectivity index (χ1v) is 8.48. The van der Waals surface area contributed by atoms with Crippen molar-refractivity contribution in [2.24, 2.45) is 23.7 Å². The quantitative estimate of drug-likeness (QED) is 0.356. The number of ether oxygens (including phenoxy) is 1. The summed E-state index contributed by atoms with van der Waals surface area (Å²) in [5.41, 5.74) is 0. The Labute approximate surface area is 144 Å². The minimum Gasteiger partial charge on any atom is -0.368 e. The number of rotatable bonds is 0. The van der Waals surface area contributed by atoms with Gasteiger partial charge in [0.1, 0.15) is 15.5 Å². The zero-order valence-corrected chi connectivity index (χ0v) is 14.1. The highest BCUT2D eigenvalue weighted by molar-refractivity contribution is 6.65. The molecule has 4 fully saturated rings. The topological polar surface area (TPSA) is 29.6 Å². The van der Waals surface area contributed by atoms with Crippen molar-refractivity contribution in [3.8, 4) is 0 Å². The standard InChI is InChI=1S/C12H6Cl6O2/c13-8-9(14)11(16)4-2-5(19)1(6-7(2)20-6)3(4)10(8,15)12(11,17)18/h1-4,6-7H/t1-,2+,3-,4+,6+,7-,10-,11?/m1/s1. The number of carbonyl (C=O) groups is 1. The molecule has 1 heterocycles. The summed E-state index contributed by atoms with van der Waals surface area (Å²) < 4.78 is 4.03. The van der Waals surface area contributed by atoms with Crippen LogP contribution < -0.4 is 0 Å². The predicted molar refractivity (Wildman–Crippen MR) is 78.0 cm³/mol. The van der Waals surface area contributed by atoms with E-state index >= 15 is 0 Å². The van der Waals surface area contributed by atoms with Crippen LogP contribution in [0.5, 0.6) is 0 Å². The maximum Gasteiger partial charge on any atom is 0.166 e. The van der Waals surface area contributed by atoms with Gasteiger partial charge in [0.15, 0.2) is 4.33 Å². The van der Waals surface area contributed by atoms with Gasteiger partial charge < -0.3 is 4.74 Å². The number of ketones is 1. The van der Waals surface area contributed by atoms with Crippen LogP contribution in [0.15, 0.2) is 10.1 Å². The summed E-state index contributed by atoms with van der Waals surface area (Å²) in [6.07, 6.45) is -0.173. The molecule has 1 saturated heterocycles. The van der Waals surface area contributed by atoms with Gasteiger partial charge in [0, 0.05) is 11.8 Å². The molecule has 8 heteroatoms. The first kappa shape index (κ1) is 13.5. The van der Waals surface area contributed by atoms with Crippen LogP contribution in [-0.4, -0.2) is 32.1 Å². The van der Waals surface area contributed by atoms with Crippen LogP contribution in [0.25, 0.3) is 0 Å². The molecule has 0 N–H and O–H groups in total. The third-order valence-electron chi connectivity index (χ3n) is 5.75. The van der Waals surface area contributed by atoms with Crippen LogP contribution in [0.3, 0.4) is 0 Å². The average molecular weight is 395 g/mol. The highest BCUT2D eigenvalue weighted by Crippen LogP contribution is 2.83. The summed E-state index contributed by atoms with van der Waals surface area (Å²) >= 11 is 39.1. The molecule has 5 aliphatic rings. The van der Waals surface area contributed by atoms with Crippen LogP contribution in [-0.2, 0) is 9.53 Å². The normalized spacial score (nSPS) is 64.0. The van der Waals surface area contributed by atoms with Gasteiger partial charge >= 0.3 is 0 Å². The molecule has 0 radical (unpaired) electrons. The van der Waals surface area contributed by atoms with Crippen molar-refractivity contribution in [3.63, 3.8) is 0 Å². The van der Waals surface area contributed by atoms with Gasteiger partial charge in [-0.2, -0.15) is 0 Å². The van der Waals surface area contributed by atoms with Crippen LogP contribution in [0.2, 0.25) is 0 Å². The van der Waals surface area contributed by atoms with E-state index < -0.39 is 14.1 Å². The van der Waals surface area contributed by atoms with E-state index in [4.69, 9.17) is 74.3 Å². The predicted octanol–water partition coefficient (Wildman–Crippen LogP) is 3.66. The van der Waals surface area contributed by atoms with E-state index in [1.54, 1.807) is 0 Å². The fraction of sp³-hybridized carbons (Fsp3) is 0.750. The molecule has 8 atom stereocenters. The van der Waals surface area contributed by atoms with Gasteiger partial charge in [-0.15, -0.1) is 23.2 Å². The zero-order valence-electron chi connectivity index (χ0n) is 9.55. The second-order valence-corrected chi connectivity index (χ2v) is 9.47. The van der Waals surface area contributed by atoms with Crippen molar-refractivity contribution in [2.45, 2.75) is 26.3 Å². The minimum absolute atomic E-state index is 0.0867. The molecule has 3 saturated carbocycles.